The van der Waals surface area contributed by atoms with Gasteiger partial charge in [-0.2, -0.15) is 4.31 Å². The van der Waals surface area contributed by atoms with Gasteiger partial charge in [-0.05, 0) is 58.7 Å². The maximum atomic E-state index is 14.2. The van der Waals surface area contributed by atoms with Crippen LogP contribution in [0.1, 0.15) is 11.1 Å². The second kappa shape index (κ2) is 13.7. The molecular formula is C35H34FN3O5S. The third kappa shape index (κ3) is 7.15. The molecule has 1 N–H and O–H groups in total. The molecule has 10 heteroatoms. The van der Waals surface area contributed by atoms with Gasteiger partial charge >= 0.3 is 0 Å². The number of sulfonamides is 1. The van der Waals surface area contributed by atoms with Crippen LogP contribution in [-0.2, 0) is 24.3 Å². The minimum absolute atomic E-state index is 0.0907. The summed E-state index contributed by atoms with van der Waals surface area (Å²) in [5, 5.41) is 3.03. The van der Waals surface area contributed by atoms with Crippen LogP contribution in [0.25, 0.3) is 22.8 Å². The Hall–Kier alpha value is -4.35. The quantitative estimate of drug-likeness (QED) is 0.204. The van der Waals surface area contributed by atoms with E-state index in [4.69, 9.17) is 9.47 Å². The number of anilines is 2. The number of amides is 1. The van der Waals surface area contributed by atoms with E-state index in [0.29, 0.717) is 67.6 Å². The van der Waals surface area contributed by atoms with E-state index >= 15 is 0 Å². The van der Waals surface area contributed by atoms with Gasteiger partial charge in [0, 0.05) is 31.8 Å². The summed E-state index contributed by atoms with van der Waals surface area (Å²) in [4.78, 5) is 16.3. The van der Waals surface area contributed by atoms with E-state index in [-0.39, 0.29) is 23.8 Å². The molecule has 0 atom stereocenters. The van der Waals surface area contributed by atoms with Crippen molar-refractivity contribution < 1.29 is 27.1 Å². The molecule has 2 fully saturated rings. The molecule has 1 amide bonds. The molecule has 2 heterocycles. The van der Waals surface area contributed by atoms with Gasteiger partial charge in [-0.1, -0.05) is 66.7 Å². The zero-order valence-corrected chi connectivity index (χ0v) is 25.5. The average molecular weight is 628 g/mol. The van der Waals surface area contributed by atoms with Crippen molar-refractivity contribution in [3.8, 4) is 11.1 Å². The molecule has 0 aliphatic carbocycles. The highest BCUT2D eigenvalue weighted by Crippen LogP contribution is 2.33. The Balaban J connectivity index is 1.38. The predicted molar refractivity (Wildman–Crippen MR) is 174 cm³/mol. The first kappa shape index (κ1) is 30.7. The lowest BCUT2D eigenvalue weighted by Crippen LogP contribution is -2.40. The molecule has 0 spiro atoms. The topological polar surface area (TPSA) is 88.2 Å². The van der Waals surface area contributed by atoms with Crippen LogP contribution in [0, 0.1) is 5.82 Å². The molecule has 45 heavy (non-hydrogen) atoms. The van der Waals surface area contributed by atoms with Gasteiger partial charge in [-0.25, -0.2) is 12.8 Å². The van der Waals surface area contributed by atoms with Crippen LogP contribution in [0.4, 0.5) is 15.8 Å². The molecule has 8 nitrogen and oxygen atoms in total. The van der Waals surface area contributed by atoms with Crippen LogP contribution in [0.5, 0.6) is 0 Å². The Morgan fingerprint density at radius 2 is 1.38 bits per heavy atom. The standard InChI is InChI=1S/C35H34FN3O5S/c36-30-12-6-26(7-13-30)24-32(29-10-8-28(9-11-29)27-4-2-1-3-5-27)35(40)37-33-25-31(45(41,42)39-18-22-44-23-19-39)14-15-34(33)38-16-20-43-21-17-38/h1-15,24-25H,16-23H2,(H,37,40)/b32-24+. The van der Waals surface area contributed by atoms with E-state index in [2.05, 4.69) is 10.2 Å². The SMILES string of the molecule is O=C(Nc1cc(S(=O)(=O)N2CCOCC2)ccc1N1CCOCC1)/C(=C/c1ccc(F)cc1)c1ccc(-c2ccccc2)cc1. The highest BCUT2D eigenvalue weighted by Gasteiger charge is 2.28. The summed E-state index contributed by atoms with van der Waals surface area (Å²) < 4.78 is 53.1. The van der Waals surface area contributed by atoms with Crippen molar-refractivity contribution in [3.63, 3.8) is 0 Å². The highest BCUT2D eigenvalue weighted by atomic mass is 32.2. The monoisotopic (exact) mass is 627 g/mol. The van der Waals surface area contributed by atoms with Crippen molar-refractivity contribution >= 4 is 39.0 Å². The van der Waals surface area contributed by atoms with Crippen LogP contribution < -0.4 is 10.2 Å². The fraction of sp³-hybridized carbons (Fsp3) is 0.229. The molecule has 0 aromatic heterocycles. The number of hydrogen-bond donors (Lipinski definition) is 1. The molecule has 4 aromatic carbocycles. The number of benzene rings is 4. The Morgan fingerprint density at radius 1 is 0.756 bits per heavy atom. The number of nitrogens with one attached hydrogen (secondary N) is 1. The van der Waals surface area contributed by atoms with Crippen LogP contribution >= 0.6 is 0 Å². The summed E-state index contributed by atoms with van der Waals surface area (Å²) in [6, 6.07) is 28.3. The highest BCUT2D eigenvalue weighted by molar-refractivity contribution is 7.89. The second-order valence-corrected chi connectivity index (χ2v) is 12.7. The molecule has 2 aliphatic rings. The number of carbonyl (C=O) groups is 1. The molecule has 6 rings (SSSR count). The Labute approximate surface area is 262 Å². The number of rotatable bonds is 8. The van der Waals surface area contributed by atoms with E-state index < -0.39 is 15.9 Å². The molecule has 0 unspecified atom stereocenters. The lowest BCUT2D eigenvalue weighted by atomic mass is 9.98. The molecule has 0 saturated carbocycles. The van der Waals surface area contributed by atoms with Gasteiger partial charge in [0.05, 0.1) is 42.7 Å². The number of hydrogen-bond acceptors (Lipinski definition) is 6. The van der Waals surface area contributed by atoms with Gasteiger partial charge in [-0.15, -0.1) is 0 Å². The zero-order chi connectivity index (χ0) is 31.2. The van der Waals surface area contributed by atoms with Gasteiger partial charge in [0.2, 0.25) is 10.0 Å². The van der Waals surface area contributed by atoms with E-state index in [9.17, 15) is 17.6 Å². The largest absolute Gasteiger partial charge is 0.379 e. The van der Waals surface area contributed by atoms with E-state index in [1.807, 2.05) is 54.6 Å². The lowest BCUT2D eigenvalue weighted by Gasteiger charge is -2.31. The van der Waals surface area contributed by atoms with Crippen LogP contribution in [0.3, 0.4) is 0 Å². The van der Waals surface area contributed by atoms with Gasteiger partial charge in [0.15, 0.2) is 0 Å². The number of nitrogens with zero attached hydrogens (tertiary/aromatic N) is 2. The molecule has 0 bridgehead atoms. The van der Waals surface area contributed by atoms with Crippen LogP contribution in [0.15, 0.2) is 102 Å². The number of ether oxygens (including phenoxy) is 2. The number of halogens is 1. The minimum Gasteiger partial charge on any atom is -0.379 e. The summed E-state index contributed by atoms with van der Waals surface area (Å²) in [6.07, 6.45) is 1.70. The Kier molecular flexibility index (Phi) is 9.37. The van der Waals surface area contributed by atoms with E-state index in [0.717, 1.165) is 11.1 Å². The second-order valence-electron chi connectivity index (χ2n) is 10.8. The lowest BCUT2D eigenvalue weighted by molar-refractivity contribution is -0.111. The smallest absolute Gasteiger partial charge is 0.256 e. The average Bonchev–Trinajstić information content (AvgIpc) is 3.09. The summed E-state index contributed by atoms with van der Waals surface area (Å²) in [5.74, 6) is -0.805. The van der Waals surface area contributed by atoms with Gasteiger partial charge < -0.3 is 19.7 Å². The van der Waals surface area contributed by atoms with Crippen molar-refractivity contribution in [2.24, 2.45) is 0 Å². The fourth-order valence-electron chi connectivity index (χ4n) is 5.46. The van der Waals surface area contributed by atoms with Crippen LogP contribution in [-0.4, -0.2) is 71.2 Å². The Bertz CT molecular complexity index is 1770. The van der Waals surface area contributed by atoms with Crippen molar-refractivity contribution in [2.75, 3.05) is 62.8 Å². The predicted octanol–water partition coefficient (Wildman–Crippen LogP) is 5.53. The summed E-state index contributed by atoms with van der Waals surface area (Å²) >= 11 is 0. The molecule has 2 aliphatic heterocycles. The minimum atomic E-state index is -3.82. The number of morpholine rings is 2. The first-order chi connectivity index (χ1) is 21.9. The van der Waals surface area contributed by atoms with Gasteiger partial charge in [0.25, 0.3) is 5.91 Å². The van der Waals surface area contributed by atoms with Crippen molar-refractivity contribution in [1.29, 1.82) is 0 Å². The molecule has 0 radical (unpaired) electrons. The Morgan fingerprint density at radius 3 is 2.04 bits per heavy atom. The van der Waals surface area contributed by atoms with E-state index in [1.165, 1.54) is 22.5 Å². The van der Waals surface area contributed by atoms with Gasteiger partial charge in [-0.3, -0.25) is 4.79 Å². The maximum absolute atomic E-state index is 14.2. The van der Waals surface area contributed by atoms with Crippen molar-refractivity contribution in [2.45, 2.75) is 4.90 Å². The van der Waals surface area contributed by atoms with Crippen LogP contribution in [0.2, 0.25) is 0 Å². The summed E-state index contributed by atoms with van der Waals surface area (Å²) in [7, 11) is -3.82. The molecule has 2 saturated heterocycles. The summed E-state index contributed by atoms with van der Waals surface area (Å²) in [6.45, 7) is 3.41. The first-order valence-electron chi connectivity index (χ1n) is 14.9. The molecule has 4 aromatic rings. The van der Waals surface area contributed by atoms with Crippen molar-refractivity contribution in [1.82, 2.24) is 4.31 Å². The zero-order valence-electron chi connectivity index (χ0n) is 24.7. The van der Waals surface area contributed by atoms with Crippen molar-refractivity contribution in [3.05, 3.63) is 114 Å². The normalized spacial score (nSPS) is 16.4. The van der Waals surface area contributed by atoms with E-state index in [1.54, 1.807) is 30.3 Å². The number of carbonyl (C=O) groups excluding carboxylic acids is 1. The third-order valence-corrected chi connectivity index (χ3v) is 9.80. The first-order valence-corrected chi connectivity index (χ1v) is 16.3. The molecule has 232 valence electrons. The molecular weight excluding hydrogens is 593 g/mol. The third-order valence-electron chi connectivity index (χ3n) is 7.90. The summed E-state index contributed by atoms with van der Waals surface area (Å²) in [5.41, 5.74) is 4.76. The maximum Gasteiger partial charge on any atom is 0.256 e. The fourth-order valence-corrected chi connectivity index (χ4v) is 6.89. The van der Waals surface area contributed by atoms with Gasteiger partial charge in [0.1, 0.15) is 5.82 Å².